The van der Waals surface area contributed by atoms with Crippen LogP contribution < -0.4 is 0 Å². The molecule has 1 nitrogen and oxygen atoms in total. The highest BCUT2D eigenvalue weighted by Gasteiger charge is 1.75. The van der Waals surface area contributed by atoms with Gasteiger partial charge in [0.2, 0.25) is 0 Å². The summed E-state index contributed by atoms with van der Waals surface area (Å²) in [6.45, 7) is 3.68. The monoisotopic (exact) mass is 110 g/mol. The fourth-order valence-corrected chi connectivity index (χ4v) is 0.287. The maximum absolute atomic E-state index is 9.91. The molecule has 0 N–H and O–H groups in total. The topological polar surface area (TPSA) is 17.1 Å². The predicted molar refractivity (Wildman–Crippen MR) is 34.6 cm³/mol. The van der Waals surface area contributed by atoms with Crippen molar-refractivity contribution in [3.8, 4) is 0 Å². The first-order valence-electron chi connectivity index (χ1n) is 2.56. The van der Waals surface area contributed by atoms with Gasteiger partial charge in [-0.3, -0.25) is 4.79 Å². The number of carbonyl (C=O) groups excluding carboxylic acids is 1. The van der Waals surface area contributed by atoms with E-state index in [2.05, 4.69) is 0 Å². The average molecular weight is 110 g/mol. The van der Waals surface area contributed by atoms with E-state index in [-0.39, 0.29) is 0 Å². The van der Waals surface area contributed by atoms with E-state index < -0.39 is 0 Å². The Bertz CT molecular complexity index is 120. The normalized spacial score (nSPS) is 12.5. The van der Waals surface area contributed by atoms with Crippen molar-refractivity contribution in [3.63, 3.8) is 0 Å². The molecular formula is C7H10O. The molecule has 0 radical (unpaired) electrons. The molecule has 0 rings (SSSR count). The molecule has 0 aliphatic carbocycles. The van der Waals surface area contributed by atoms with Crippen LogP contribution in [0.2, 0.25) is 0 Å². The van der Waals surface area contributed by atoms with Gasteiger partial charge in [-0.25, -0.2) is 0 Å². The van der Waals surface area contributed by atoms with Crippen molar-refractivity contribution in [1.82, 2.24) is 0 Å². The van der Waals surface area contributed by atoms with Crippen LogP contribution in [-0.4, -0.2) is 6.29 Å². The van der Waals surface area contributed by atoms with Gasteiger partial charge in [-0.2, -0.15) is 0 Å². The molecule has 8 heavy (non-hydrogen) atoms. The third-order valence-corrected chi connectivity index (χ3v) is 0.737. The molecular weight excluding hydrogens is 100 g/mol. The van der Waals surface area contributed by atoms with Crippen molar-refractivity contribution in [3.05, 3.63) is 23.8 Å². The van der Waals surface area contributed by atoms with Crippen molar-refractivity contribution in [2.24, 2.45) is 0 Å². The summed E-state index contributed by atoms with van der Waals surface area (Å²) in [5.41, 5.74) is 0.753. The van der Waals surface area contributed by atoms with Crippen molar-refractivity contribution in [2.75, 3.05) is 0 Å². The molecule has 0 saturated carbocycles. The summed E-state index contributed by atoms with van der Waals surface area (Å²) in [4.78, 5) is 9.91. The maximum atomic E-state index is 9.91. The Morgan fingerprint density at radius 3 is 2.50 bits per heavy atom. The first-order chi connectivity index (χ1) is 3.81. The summed E-state index contributed by atoms with van der Waals surface area (Å²) in [5.74, 6) is 0. The minimum atomic E-state index is 0.753. The number of hydrogen-bond donors (Lipinski definition) is 0. The molecule has 0 aromatic heterocycles. The van der Waals surface area contributed by atoms with E-state index in [0.717, 1.165) is 11.9 Å². The van der Waals surface area contributed by atoms with Gasteiger partial charge in [0.15, 0.2) is 0 Å². The first kappa shape index (κ1) is 7.15. The molecule has 0 spiro atoms. The summed E-state index contributed by atoms with van der Waals surface area (Å²) in [7, 11) is 0. The Morgan fingerprint density at radius 1 is 1.50 bits per heavy atom. The highest BCUT2D eigenvalue weighted by atomic mass is 16.1. The van der Waals surface area contributed by atoms with Gasteiger partial charge in [-0.05, 0) is 19.4 Å². The number of hydrogen-bond acceptors (Lipinski definition) is 1. The number of carbonyl (C=O) groups is 1. The molecule has 0 atom stereocenters. The SMILES string of the molecule is CC=CC=C(C)C=O. The van der Waals surface area contributed by atoms with Crippen LogP contribution in [0.1, 0.15) is 13.8 Å². The van der Waals surface area contributed by atoms with Gasteiger partial charge in [-0.1, -0.05) is 18.2 Å². The molecule has 0 heterocycles. The zero-order chi connectivity index (χ0) is 6.41. The maximum Gasteiger partial charge on any atom is 0.145 e. The Hall–Kier alpha value is -0.850. The van der Waals surface area contributed by atoms with E-state index >= 15 is 0 Å². The van der Waals surface area contributed by atoms with E-state index in [1.54, 1.807) is 13.0 Å². The van der Waals surface area contributed by atoms with Crippen LogP contribution in [0, 0.1) is 0 Å². The Kier molecular flexibility index (Phi) is 3.85. The summed E-state index contributed by atoms with van der Waals surface area (Å²) >= 11 is 0. The third kappa shape index (κ3) is 3.34. The number of rotatable bonds is 2. The number of allylic oxidation sites excluding steroid dienone is 4. The molecule has 0 aliphatic heterocycles. The third-order valence-electron chi connectivity index (χ3n) is 0.737. The summed E-state index contributed by atoms with van der Waals surface area (Å²) in [6.07, 6.45) is 6.32. The van der Waals surface area contributed by atoms with Crippen LogP contribution in [0.3, 0.4) is 0 Å². The Labute approximate surface area is 49.7 Å². The van der Waals surface area contributed by atoms with Crippen LogP contribution >= 0.6 is 0 Å². The smallest absolute Gasteiger partial charge is 0.145 e. The molecule has 0 saturated heterocycles. The van der Waals surface area contributed by atoms with E-state index in [0.29, 0.717) is 0 Å². The minimum absolute atomic E-state index is 0.753. The Balaban J connectivity index is 3.74. The molecule has 44 valence electrons. The molecule has 0 aromatic carbocycles. The standard InChI is InChI=1S/C7H10O/c1-3-4-5-7(2)6-8/h3-6H,1-2H3. The average Bonchev–Trinajstić information content (AvgIpc) is 1.83. The van der Waals surface area contributed by atoms with E-state index in [1.807, 2.05) is 19.1 Å². The highest BCUT2D eigenvalue weighted by Crippen LogP contribution is 1.85. The van der Waals surface area contributed by atoms with Crippen molar-refractivity contribution in [2.45, 2.75) is 13.8 Å². The second kappa shape index (κ2) is 4.31. The predicted octanol–water partition coefficient (Wildman–Crippen LogP) is 1.71. The molecule has 0 unspecified atom stereocenters. The second-order valence-electron chi connectivity index (χ2n) is 1.55. The van der Waals surface area contributed by atoms with Crippen molar-refractivity contribution < 1.29 is 4.79 Å². The summed E-state index contributed by atoms with van der Waals surface area (Å²) in [5, 5.41) is 0. The van der Waals surface area contributed by atoms with Gasteiger partial charge >= 0.3 is 0 Å². The molecule has 0 aliphatic rings. The molecule has 0 fully saturated rings. The largest absolute Gasteiger partial charge is 0.298 e. The zero-order valence-electron chi connectivity index (χ0n) is 5.22. The van der Waals surface area contributed by atoms with E-state index in [9.17, 15) is 4.79 Å². The zero-order valence-corrected chi connectivity index (χ0v) is 5.22. The van der Waals surface area contributed by atoms with E-state index in [1.165, 1.54) is 0 Å². The van der Waals surface area contributed by atoms with Crippen molar-refractivity contribution in [1.29, 1.82) is 0 Å². The quantitative estimate of drug-likeness (QED) is 0.300. The van der Waals surface area contributed by atoms with Gasteiger partial charge in [0.05, 0.1) is 0 Å². The van der Waals surface area contributed by atoms with Gasteiger partial charge in [0.1, 0.15) is 6.29 Å². The van der Waals surface area contributed by atoms with Gasteiger partial charge in [0, 0.05) is 0 Å². The number of aldehydes is 1. The second-order valence-corrected chi connectivity index (χ2v) is 1.55. The Morgan fingerprint density at radius 2 is 2.12 bits per heavy atom. The highest BCUT2D eigenvalue weighted by molar-refractivity contribution is 5.72. The summed E-state index contributed by atoms with van der Waals surface area (Å²) in [6, 6.07) is 0. The van der Waals surface area contributed by atoms with Crippen LogP contribution in [0.5, 0.6) is 0 Å². The first-order valence-corrected chi connectivity index (χ1v) is 2.56. The molecule has 0 bridgehead atoms. The lowest BCUT2D eigenvalue weighted by atomic mass is 10.3. The van der Waals surface area contributed by atoms with Crippen molar-refractivity contribution >= 4 is 6.29 Å². The minimum Gasteiger partial charge on any atom is -0.298 e. The van der Waals surface area contributed by atoms with Crippen LogP contribution in [-0.2, 0) is 4.79 Å². The lowest BCUT2D eigenvalue weighted by Crippen LogP contribution is -1.71. The van der Waals surface area contributed by atoms with Gasteiger partial charge < -0.3 is 0 Å². The van der Waals surface area contributed by atoms with Gasteiger partial charge in [-0.15, -0.1) is 0 Å². The molecule has 0 aromatic rings. The lowest BCUT2D eigenvalue weighted by Gasteiger charge is -1.77. The van der Waals surface area contributed by atoms with Crippen LogP contribution in [0.15, 0.2) is 23.8 Å². The molecule has 0 amide bonds. The molecule has 1 heteroatoms. The fourth-order valence-electron chi connectivity index (χ4n) is 0.287. The van der Waals surface area contributed by atoms with Crippen LogP contribution in [0.25, 0.3) is 0 Å². The van der Waals surface area contributed by atoms with E-state index in [4.69, 9.17) is 0 Å². The van der Waals surface area contributed by atoms with Crippen LogP contribution in [0.4, 0.5) is 0 Å². The fraction of sp³-hybridized carbons (Fsp3) is 0.286. The lowest BCUT2D eigenvalue weighted by molar-refractivity contribution is -0.104. The summed E-state index contributed by atoms with van der Waals surface area (Å²) < 4.78 is 0. The van der Waals surface area contributed by atoms with Gasteiger partial charge in [0.25, 0.3) is 0 Å².